The van der Waals surface area contributed by atoms with E-state index in [1.807, 2.05) is 43.3 Å². The number of nitrogens with two attached hydrogens (primary N) is 1. The van der Waals surface area contributed by atoms with Gasteiger partial charge >= 0.3 is 0 Å². The zero-order valence-corrected chi connectivity index (χ0v) is 11.4. The van der Waals surface area contributed by atoms with Crippen LogP contribution in [0.5, 0.6) is 11.5 Å². The minimum Gasteiger partial charge on any atom is -0.497 e. The first-order valence-electron chi connectivity index (χ1n) is 5.99. The van der Waals surface area contributed by atoms with E-state index < -0.39 is 0 Å². The highest BCUT2D eigenvalue weighted by Crippen LogP contribution is 2.32. The Labute approximate surface area is 113 Å². The monoisotopic (exact) mass is 258 g/mol. The number of rotatable bonds is 4. The highest BCUT2D eigenvalue weighted by Gasteiger charge is 2.07. The Morgan fingerprint density at radius 2 is 1.74 bits per heavy atom. The van der Waals surface area contributed by atoms with Crippen molar-refractivity contribution < 1.29 is 9.47 Å². The van der Waals surface area contributed by atoms with Gasteiger partial charge in [-0.2, -0.15) is 0 Å². The Balaban J connectivity index is 2.36. The first-order valence-corrected chi connectivity index (χ1v) is 5.99. The predicted octanol–water partition coefficient (Wildman–Crippen LogP) is 3.34. The van der Waals surface area contributed by atoms with Crippen molar-refractivity contribution in [1.82, 2.24) is 0 Å². The lowest BCUT2D eigenvalue weighted by Gasteiger charge is -2.14. The molecule has 19 heavy (non-hydrogen) atoms. The molecule has 2 rings (SSSR count). The van der Waals surface area contributed by atoms with E-state index >= 15 is 0 Å². The van der Waals surface area contributed by atoms with Crippen LogP contribution in [0, 0.1) is 6.92 Å². The van der Waals surface area contributed by atoms with Gasteiger partial charge in [-0.3, -0.25) is 0 Å². The van der Waals surface area contributed by atoms with Crippen LogP contribution in [0.25, 0.3) is 0 Å². The molecule has 0 saturated heterocycles. The minimum atomic E-state index is 0.751. The standard InChI is InChI=1S/C15H18N2O2/c1-10-8-11(16)4-6-13(10)17-14-9-12(18-2)5-7-15(14)19-3/h4-9,17H,16H2,1-3H3. The third kappa shape index (κ3) is 2.91. The Kier molecular flexibility index (Phi) is 3.80. The molecule has 0 amide bonds. The first-order chi connectivity index (χ1) is 9.13. The molecular formula is C15H18N2O2. The van der Waals surface area contributed by atoms with Crippen LogP contribution in [0.2, 0.25) is 0 Å². The van der Waals surface area contributed by atoms with Crippen molar-refractivity contribution >= 4 is 17.1 Å². The van der Waals surface area contributed by atoms with Crippen LogP contribution in [-0.4, -0.2) is 14.2 Å². The maximum absolute atomic E-state index is 5.75. The second-order valence-electron chi connectivity index (χ2n) is 4.27. The molecule has 0 aliphatic rings. The first kappa shape index (κ1) is 13.1. The molecule has 0 radical (unpaired) electrons. The lowest BCUT2D eigenvalue weighted by molar-refractivity contribution is 0.405. The molecule has 0 fully saturated rings. The van der Waals surface area contributed by atoms with Gasteiger partial charge in [-0.1, -0.05) is 0 Å². The summed E-state index contributed by atoms with van der Waals surface area (Å²) in [5.74, 6) is 1.54. The van der Waals surface area contributed by atoms with E-state index in [4.69, 9.17) is 15.2 Å². The minimum absolute atomic E-state index is 0.751. The molecule has 0 spiro atoms. The van der Waals surface area contributed by atoms with E-state index in [2.05, 4.69) is 5.32 Å². The predicted molar refractivity (Wildman–Crippen MR) is 78.4 cm³/mol. The second kappa shape index (κ2) is 5.52. The van der Waals surface area contributed by atoms with Crippen molar-refractivity contribution in [3.8, 4) is 11.5 Å². The molecule has 2 aromatic rings. The molecule has 0 heterocycles. The summed E-state index contributed by atoms with van der Waals surface area (Å²) in [6.07, 6.45) is 0. The number of methoxy groups -OCH3 is 2. The SMILES string of the molecule is COc1ccc(OC)c(Nc2ccc(N)cc2C)c1. The van der Waals surface area contributed by atoms with Gasteiger partial charge in [0.05, 0.1) is 19.9 Å². The van der Waals surface area contributed by atoms with Crippen LogP contribution in [-0.2, 0) is 0 Å². The Morgan fingerprint density at radius 3 is 2.37 bits per heavy atom. The number of benzene rings is 2. The van der Waals surface area contributed by atoms with Crippen molar-refractivity contribution in [3.05, 3.63) is 42.0 Å². The van der Waals surface area contributed by atoms with E-state index in [0.29, 0.717) is 0 Å². The van der Waals surface area contributed by atoms with Gasteiger partial charge in [-0.15, -0.1) is 0 Å². The van der Waals surface area contributed by atoms with Crippen molar-refractivity contribution in [2.45, 2.75) is 6.92 Å². The number of aryl methyl sites for hydroxylation is 1. The smallest absolute Gasteiger partial charge is 0.142 e. The third-order valence-corrected chi connectivity index (χ3v) is 2.93. The zero-order valence-electron chi connectivity index (χ0n) is 11.4. The lowest BCUT2D eigenvalue weighted by atomic mass is 10.1. The average Bonchev–Trinajstić information content (AvgIpc) is 2.41. The summed E-state index contributed by atoms with van der Waals surface area (Å²) >= 11 is 0. The number of anilines is 3. The summed E-state index contributed by atoms with van der Waals surface area (Å²) in [6.45, 7) is 2.01. The van der Waals surface area contributed by atoms with Gasteiger partial charge < -0.3 is 20.5 Å². The average molecular weight is 258 g/mol. The van der Waals surface area contributed by atoms with Crippen molar-refractivity contribution in [2.24, 2.45) is 0 Å². The van der Waals surface area contributed by atoms with Gasteiger partial charge in [-0.05, 0) is 42.8 Å². The van der Waals surface area contributed by atoms with E-state index in [0.717, 1.165) is 34.1 Å². The zero-order chi connectivity index (χ0) is 13.8. The number of nitrogen functional groups attached to an aromatic ring is 1. The molecule has 0 aliphatic carbocycles. The number of nitrogens with one attached hydrogen (secondary N) is 1. The second-order valence-corrected chi connectivity index (χ2v) is 4.27. The van der Waals surface area contributed by atoms with Gasteiger partial charge in [0.25, 0.3) is 0 Å². The Morgan fingerprint density at radius 1 is 0.947 bits per heavy atom. The molecular weight excluding hydrogens is 240 g/mol. The Hall–Kier alpha value is -2.36. The number of hydrogen-bond acceptors (Lipinski definition) is 4. The molecule has 0 aromatic heterocycles. The maximum Gasteiger partial charge on any atom is 0.142 e. The fourth-order valence-corrected chi connectivity index (χ4v) is 1.88. The largest absolute Gasteiger partial charge is 0.497 e. The van der Waals surface area contributed by atoms with Crippen LogP contribution in [0.4, 0.5) is 17.1 Å². The summed E-state index contributed by atoms with van der Waals surface area (Å²) in [5.41, 5.74) is 9.42. The van der Waals surface area contributed by atoms with E-state index in [1.165, 1.54) is 0 Å². The van der Waals surface area contributed by atoms with Crippen LogP contribution >= 0.6 is 0 Å². The maximum atomic E-state index is 5.75. The van der Waals surface area contributed by atoms with Gasteiger partial charge in [0.15, 0.2) is 0 Å². The molecule has 0 unspecified atom stereocenters. The van der Waals surface area contributed by atoms with Gasteiger partial charge in [0, 0.05) is 17.4 Å². The van der Waals surface area contributed by atoms with Crippen molar-refractivity contribution in [2.75, 3.05) is 25.3 Å². The van der Waals surface area contributed by atoms with Gasteiger partial charge in [-0.25, -0.2) is 0 Å². The Bertz CT molecular complexity index is 582. The lowest BCUT2D eigenvalue weighted by Crippen LogP contribution is -1.98. The van der Waals surface area contributed by atoms with E-state index in [9.17, 15) is 0 Å². The van der Waals surface area contributed by atoms with Gasteiger partial charge in [0.1, 0.15) is 11.5 Å². The number of hydrogen-bond donors (Lipinski definition) is 2. The molecule has 3 N–H and O–H groups in total. The summed E-state index contributed by atoms with van der Waals surface area (Å²) in [7, 11) is 3.28. The molecule has 0 atom stereocenters. The van der Waals surface area contributed by atoms with Crippen molar-refractivity contribution in [3.63, 3.8) is 0 Å². The molecule has 0 bridgehead atoms. The highest BCUT2D eigenvalue weighted by molar-refractivity contribution is 5.71. The van der Waals surface area contributed by atoms with E-state index in [-0.39, 0.29) is 0 Å². The molecule has 4 nitrogen and oxygen atoms in total. The molecule has 100 valence electrons. The fourth-order valence-electron chi connectivity index (χ4n) is 1.88. The summed E-state index contributed by atoms with van der Waals surface area (Å²) in [6, 6.07) is 11.4. The van der Waals surface area contributed by atoms with Crippen LogP contribution in [0.15, 0.2) is 36.4 Å². The topological polar surface area (TPSA) is 56.5 Å². The molecule has 4 heteroatoms. The van der Waals surface area contributed by atoms with Crippen LogP contribution in [0.1, 0.15) is 5.56 Å². The van der Waals surface area contributed by atoms with Crippen LogP contribution < -0.4 is 20.5 Å². The summed E-state index contributed by atoms with van der Waals surface area (Å²) < 4.78 is 10.6. The fraction of sp³-hybridized carbons (Fsp3) is 0.200. The van der Waals surface area contributed by atoms with Crippen molar-refractivity contribution in [1.29, 1.82) is 0 Å². The van der Waals surface area contributed by atoms with Gasteiger partial charge in [0.2, 0.25) is 0 Å². The third-order valence-electron chi connectivity index (χ3n) is 2.93. The summed E-state index contributed by atoms with van der Waals surface area (Å²) in [4.78, 5) is 0. The molecule has 0 aliphatic heterocycles. The quantitative estimate of drug-likeness (QED) is 0.826. The molecule has 2 aromatic carbocycles. The number of ether oxygens (including phenoxy) is 2. The highest BCUT2D eigenvalue weighted by atomic mass is 16.5. The summed E-state index contributed by atoms with van der Waals surface area (Å²) in [5, 5.41) is 3.33. The van der Waals surface area contributed by atoms with Crippen LogP contribution in [0.3, 0.4) is 0 Å². The van der Waals surface area contributed by atoms with E-state index in [1.54, 1.807) is 14.2 Å². The molecule has 0 saturated carbocycles. The normalized spacial score (nSPS) is 10.1.